The van der Waals surface area contributed by atoms with Gasteiger partial charge in [0.2, 0.25) is 5.91 Å². The number of halogens is 1. The molecule has 1 aromatic rings. The van der Waals surface area contributed by atoms with Gasteiger partial charge in [-0.15, -0.1) is 0 Å². The fourth-order valence-electron chi connectivity index (χ4n) is 1.70. The molecule has 0 aliphatic rings. The molecule has 112 valence electrons. The lowest BCUT2D eigenvalue weighted by Crippen LogP contribution is -2.37. The first-order valence-corrected chi connectivity index (χ1v) is 6.46. The maximum Gasteiger partial charge on any atom is 0.239 e. The molecule has 20 heavy (non-hydrogen) atoms. The van der Waals surface area contributed by atoms with Gasteiger partial charge in [0.1, 0.15) is 11.6 Å². The Kier molecular flexibility index (Phi) is 5.61. The lowest BCUT2D eigenvalue weighted by molar-refractivity contribution is -0.119. The summed E-state index contributed by atoms with van der Waals surface area (Å²) in [4.78, 5) is 13.3. The number of likely N-dealkylation sites (N-methyl/N-ethyl adjacent to an activating group) is 1. The van der Waals surface area contributed by atoms with E-state index in [1.165, 1.54) is 24.1 Å². The fraction of sp³-hybridized carbons (Fsp3) is 0.500. The van der Waals surface area contributed by atoms with Gasteiger partial charge in [-0.05, 0) is 5.92 Å². The third kappa shape index (κ3) is 4.29. The first-order valence-electron chi connectivity index (χ1n) is 6.46. The van der Waals surface area contributed by atoms with Crippen molar-refractivity contribution in [2.75, 3.05) is 37.9 Å². The van der Waals surface area contributed by atoms with E-state index in [0.717, 1.165) is 0 Å². The first kappa shape index (κ1) is 16.1. The number of nitrogens with zero attached hydrogens (tertiary/aromatic N) is 1. The molecule has 0 unspecified atom stereocenters. The summed E-state index contributed by atoms with van der Waals surface area (Å²) in [6, 6.07) is 2.68. The first-order chi connectivity index (χ1) is 9.35. The number of carbonyl (C=O) groups is 1. The molecular formula is C14H22FN3O2. The Labute approximate surface area is 118 Å². The number of ether oxygens (including phenoxy) is 1. The highest BCUT2D eigenvalue weighted by Gasteiger charge is 2.14. The van der Waals surface area contributed by atoms with Gasteiger partial charge in [0, 0.05) is 25.7 Å². The summed E-state index contributed by atoms with van der Waals surface area (Å²) in [6.07, 6.45) is 0. The van der Waals surface area contributed by atoms with Crippen molar-refractivity contribution >= 4 is 17.3 Å². The van der Waals surface area contributed by atoms with Gasteiger partial charge in [-0.25, -0.2) is 4.39 Å². The highest BCUT2D eigenvalue weighted by Crippen LogP contribution is 2.29. The highest BCUT2D eigenvalue weighted by atomic mass is 19.1. The molecule has 0 saturated heterocycles. The van der Waals surface area contributed by atoms with Crippen LogP contribution in [0.1, 0.15) is 13.8 Å². The van der Waals surface area contributed by atoms with Crippen molar-refractivity contribution in [1.82, 2.24) is 5.32 Å². The van der Waals surface area contributed by atoms with E-state index in [-0.39, 0.29) is 23.8 Å². The Morgan fingerprint density at radius 1 is 1.50 bits per heavy atom. The van der Waals surface area contributed by atoms with Crippen molar-refractivity contribution in [3.63, 3.8) is 0 Å². The van der Waals surface area contributed by atoms with Gasteiger partial charge < -0.3 is 20.7 Å². The molecule has 0 atom stereocenters. The Morgan fingerprint density at radius 2 is 2.15 bits per heavy atom. The van der Waals surface area contributed by atoms with Crippen LogP contribution < -0.4 is 20.7 Å². The molecule has 0 bridgehead atoms. The van der Waals surface area contributed by atoms with Crippen LogP contribution in [0.4, 0.5) is 15.8 Å². The number of rotatable bonds is 6. The second-order valence-electron chi connectivity index (χ2n) is 5.10. The molecule has 0 aliphatic heterocycles. The van der Waals surface area contributed by atoms with Crippen LogP contribution in [0.2, 0.25) is 0 Å². The van der Waals surface area contributed by atoms with Crippen molar-refractivity contribution in [2.24, 2.45) is 5.92 Å². The predicted octanol–water partition coefficient (Wildman–Crippen LogP) is 1.62. The molecule has 0 heterocycles. The zero-order chi connectivity index (χ0) is 15.3. The second-order valence-corrected chi connectivity index (χ2v) is 5.10. The monoisotopic (exact) mass is 283 g/mol. The zero-order valence-corrected chi connectivity index (χ0v) is 12.4. The van der Waals surface area contributed by atoms with E-state index in [0.29, 0.717) is 18.2 Å². The van der Waals surface area contributed by atoms with Crippen LogP contribution >= 0.6 is 0 Å². The summed E-state index contributed by atoms with van der Waals surface area (Å²) < 4.78 is 18.9. The van der Waals surface area contributed by atoms with Crippen molar-refractivity contribution in [2.45, 2.75) is 13.8 Å². The standard InChI is InChI=1S/C14H22FN3O2/c1-9(2)7-17-14(19)8-18(3)12-6-13(20-4)11(16)5-10(12)15/h5-6,9H,7-8,16H2,1-4H3,(H,17,19). The van der Waals surface area contributed by atoms with Crippen LogP contribution in [0.15, 0.2) is 12.1 Å². The molecule has 0 aliphatic carbocycles. The smallest absolute Gasteiger partial charge is 0.239 e. The van der Waals surface area contributed by atoms with Crippen LogP contribution in [-0.4, -0.2) is 33.2 Å². The van der Waals surface area contributed by atoms with Gasteiger partial charge in [-0.3, -0.25) is 4.79 Å². The molecular weight excluding hydrogens is 261 g/mol. The summed E-state index contributed by atoms with van der Waals surface area (Å²) in [5, 5.41) is 2.78. The van der Waals surface area contributed by atoms with Crippen molar-refractivity contribution < 1.29 is 13.9 Å². The summed E-state index contributed by atoms with van der Waals surface area (Å²) >= 11 is 0. The van der Waals surface area contributed by atoms with Crippen molar-refractivity contribution in [3.8, 4) is 5.75 Å². The minimum atomic E-state index is -0.484. The van der Waals surface area contributed by atoms with E-state index >= 15 is 0 Å². The topological polar surface area (TPSA) is 67.6 Å². The van der Waals surface area contributed by atoms with Crippen LogP contribution in [0.3, 0.4) is 0 Å². The normalized spacial score (nSPS) is 10.5. The van der Waals surface area contributed by atoms with Gasteiger partial charge in [-0.1, -0.05) is 13.8 Å². The minimum absolute atomic E-state index is 0.0662. The van der Waals surface area contributed by atoms with Gasteiger partial charge in [0.25, 0.3) is 0 Å². The van der Waals surface area contributed by atoms with Crippen LogP contribution in [0, 0.1) is 11.7 Å². The predicted molar refractivity (Wildman–Crippen MR) is 78.5 cm³/mol. The number of amides is 1. The average Bonchev–Trinajstić information content (AvgIpc) is 2.36. The quantitative estimate of drug-likeness (QED) is 0.779. The Bertz CT molecular complexity index is 478. The lowest BCUT2D eigenvalue weighted by Gasteiger charge is -2.21. The lowest BCUT2D eigenvalue weighted by atomic mass is 10.2. The Morgan fingerprint density at radius 3 is 2.70 bits per heavy atom. The van der Waals surface area contributed by atoms with E-state index in [4.69, 9.17) is 10.5 Å². The molecule has 5 nitrogen and oxygen atoms in total. The summed E-state index contributed by atoms with van der Waals surface area (Å²) in [7, 11) is 3.10. The number of benzene rings is 1. The fourth-order valence-corrected chi connectivity index (χ4v) is 1.70. The molecule has 0 spiro atoms. The molecule has 0 radical (unpaired) electrons. The molecule has 6 heteroatoms. The number of nitrogen functional groups attached to an aromatic ring is 1. The average molecular weight is 283 g/mol. The Hall–Kier alpha value is -1.98. The number of hydrogen-bond donors (Lipinski definition) is 2. The molecule has 0 aromatic heterocycles. The molecule has 0 saturated carbocycles. The van der Waals surface area contributed by atoms with Gasteiger partial charge in [0.15, 0.2) is 0 Å². The summed E-state index contributed by atoms with van der Waals surface area (Å²) in [6.45, 7) is 4.68. The van der Waals surface area contributed by atoms with Crippen LogP contribution in [0.25, 0.3) is 0 Å². The van der Waals surface area contributed by atoms with E-state index in [9.17, 15) is 9.18 Å². The van der Waals surface area contributed by atoms with Crippen molar-refractivity contribution in [1.29, 1.82) is 0 Å². The number of nitrogens with two attached hydrogens (primary N) is 1. The Balaban J connectivity index is 2.76. The third-order valence-corrected chi connectivity index (χ3v) is 2.80. The molecule has 1 aromatic carbocycles. The number of hydrogen-bond acceptors (Lipinski definition) is 4. The van der Waals surface area contributed by atoms with Crippen molar-refractivity contribution in [3.05, 3.63) is 17.9 Å². The maximum absolute atomic E-state index is 13.9. The van der Waals surface area contributed by atoms with E-state index in [2.05, 4.69) is 5.32 Å². The molecule has 1 rings (SSSR count). The highest BCUT2D eigenvalue weighted by molar-refractivity contribution is 5.81. The number of carbonyl (C=O) groups excluding carboxylic acids is 1. The number of nitrogens with one attached hydrogen (secondary N) is 1. The molecule has 1 amide bonds. The van der Waals surface area contributed by atoms with Gasteiger partial charge in [-0.2, -0.15) is 0 Å². The van der Waals surface area contributed by atoms with Crippen LogP contribution in [0.5, 0.6) is 5.75 Å². The maximum atomic E-state index is 13.9. The summed E-state index contributed by atoms with van der Waals surface area (Å²) in [5.41, 5.74) is 6.12. The van der Waals surface area contributed by atoms with Crippen LogP contribution in [-0.2, 0) is 4.79 Å². The third-order valence-electron chi connectivity index (χ3n) is 2.80. The van der Waals surface area contributed by atoms with Gasteiger partial charge >= 0.3 is 0 Å². The molecule has 3 N–H and O–H groups in total. The van der Waals surface area contributed by atoms with E-state index < -0.39 is 5.82 Å². The van der Waals surface area contributed by atoms with Gasteiger partial charge in [0.05, 0.1) is 25.0 Å². The number of anilines is 2. The minimum Gasteiger partial charge on any atom is -0.495 e. The summed E-state index contributed by atoms with van der Waals surface area (Å²) in [5.74, 6) is 0.118. The zero-order valence-electron chi connectivity index (χ0n) is 12.4. The molecule has 0 fully saturated rings. The second kappa shape index (κ2) is 6.98. The largest absolute Gasteiger partial charge is 0.495 e. The number of methoxy groups -OCH3 is 1. The van der Waals surface area contributed by atoms with E-state index in [1.54, 1.807) is 7.05 Å². The SMILES string of the molecule is COc1cc(N(C)CC(=O)NCC(C)C)c(F)cc1N. The van der Waals surface area contributed by atoms with E-state index in [1.807, 2.05) is 13.8 Å².